The molecule has 0 aliphatic heterocycles. The van der Waals surface area contributed by atoms with Crippen LogP contribution in [0.4, 0.5) is 0 Å². The highest BCUT2D eigenvalue weighted by Gasteiger charge is 2.36. The van der Waals surface area contributed by atoms with Crippen molar-refractivity contribution in [1.29, 1.82) is 0 Å². The molecule has 19 heavy (non-hydrogen) atoms. The number of sulfonamides is 1. The van der Waals surface area contributed by atoms with Crippen LogP contribution >= 0.6 is 23.2 Å². The van der Waals surface area contributed by atoms with E-state index in [9.17, 15) is 13.2 Å². The predicted molar refractivity (Wildman–Crippen MR) is 73.1 cm³/mol. The van der Waals surface area contributed by atoms with Gasteiger partial charge in [-0.1, -0.05) is 30.1 Å². The summed E-state index contributed by atoms with van der Waals surface area (Å²) >= 11 is 11.5. The monoisotopic (exact) mass is 325 g/mol. The minimum absolute atomic E-state index is 0.0271. The Balaban J connectivity index is 3.26. The fourth-order valence-electron chi connectivity index (χ4n) is 1.30. The third kappa shape index (κ3) is 3.60. The van der Waals surface area contributed by atoms with Gasteiger partial charge in [-0.15, -0.1) is 0 Å². The summed E-state index contributed by atoms with van der Waals surface area (Å²) in [6.07, 6.45) is 0.0831. The summed E-state index contributed by atoms with van der Waals surface area (Å²) in [7, 11) is -4.08. The standard InChI is InChI=1S/C11H13Cl2NO4S/c1-3-11(2,10(15)16)14-19(17,18)9-6-7(12)4-5-8(9)13/h4-6,14H,3H2,1-2H3,(H,15,16). The van der Waals surface area contributed by atoms with Crippen LogP contribution in [0.3, 0.4) is 0 Å². The quantitative estimate of drug-likeness (QED) is 0.871. The highest BCUT2D eigenvalue weighted by molar-refractivity contribution is 7.89. The zero-order valence-corrected chi connectivity index (χ0v) is 12.6. The van der Waals surface area contributed by atoms with E-state index in [-0.39, 0.29) is 21.4 Å². The van der Waals surface area contributed by atoms with Crippen LogP contribution < -0.4 is 4.72 Å². The summed E-state index contributed by atoms with van der Waals surface area (Å²) in [6.45, 7) is 2.85. The largest absolute Gasteiger partial charge is 0.480 e. The van der Waals surface area contributed by atoms with Gasteiger partial charge in [-0.3, -0.25) is 4.79 Å². The maximum Gasteiger partial charge on any atom is 0.324 e. The molecule has 0 saturated carbocycles. The van der Waals surface area contributed by atoms with Gasteiger partial charge in [-0.2, -0.15) is 4.72 Å². The van der Waals surface area contributed by atoms with Crippen LogP contribution in [0.15, 0.2) is 23.1 Å². The maximum atomic E-state index is 12.2. The molecule has 1 aromatic carbocycles. The molecule has 0 bridgehead atoms. The first kappa shape index (κ1) is 16.2. The Kier molecular flexibility index (Phi) is 4.84. The number of carboxylic acid groups (broad SMARTS) is 1. The summed E-state index contributed by atoms with van der Waals surface area (Å²) in [6, 6.07) is 3.95. The molecular formula is C11H13Cl2NO4S. The van der Waals surface area contributed by atoms with E-state index in [1.165, 1.54) is 25.1 Å². The van der Waals surface area contributed by atoms with Gasteiger partial charge in [-0.25, -0.2) is 8.42 Å². The lowest BCUT2D eigenvalue weighted by Gasteiger charge is -2.24. The first-order valence-electron chi connectivity index (χ1n) is 5.35. The SMILES string of the molecule is CCC(C)(NS(=O)(=O)c1cc(Cl)ccc1Cl)C(=O)O. The molecule has 0 aliphatic rings. The number of hydrogen-bond donors (Lipinski definition) is 2. The van der Waals surface area contributed by atoms with Gasteiger partial charge in [0.15, 0.2) is 0 Å². The summed E-state index contributed by atoms with van der Waals surface area (Å²) in [5, 5.41) is 9.25. The number of hydrogen-bond acceptors (Lipinski definition) is 3. The molecule has 1 rings (SSSR count). The molecule has 106 valence electrons. The molecule has 2 N–H and O–H groups in total. The second kappa shape index (κ2) is 5.66. The van der Waals surface area contributed by atoms with E-state index >= 15 is 0 Å². The van der Waals surface area contributed by atoms with Crippen molar-refractivity contribution in [2.24, 2.45) is 0 Å². The van der Waals surface area contributed by atoms with E-state index < -0.39 is 21.5 Å². The fourth-order valence-corrected chi connectivity index (χ4v) is 3.50. The van der Waals surface area contributed by atoms with Crippen LogP contribution in [0.2, 0.25) is 10.0 Å². The van der Waals surface area contributed by atoms with E-state index in [0.717, 1.165) is 0 Å². The molecule has 1 unspecified atom stereocenters. The molecule has 0 radical (unpaired) electrons. The topological polar surface area (TPSA) is 83.5 Å². The van der Waals surface area contributed by atoms with Crippen LogP contribution in [0.25, 0.3) is 0 Å². The summed E-state index contributed by atoms with van der Waals surface area (Å²) in [5.41, 5.74) is -1.61. The van der Waals surface area contributed by atoms with Gasteiger partial charge in [0.2, 0.25) is 10.0 Å². The van der Waals surface area contributed by atoms with Crippen molar-refractivity contribution in [2.45, 2.75) is 30.7 Å². The lowest BCUT2D eigenvalue weighted by atomic mass is 10.0. The van der Waals surface area contributed by atoms with E-state index in [1.54, 1.807) is 6.92 Å². The number of nitrogens with one attached hydrogen (secondary N) is 1. The second-order valence-corrected chi connectivity index (χ2v) is 6.67. The molecule has 1 atom stereocenters. The second-order valence-electron chi connectivity index (χ2n) is 4.17. The molecule has 5 nitrogen and oxygen atoms in total. The van der Waals surface area contributed by atoms with Crippen molar-refractivity contribution in [1.82, 2.24) is 4.72 Å². The van der Waals surface area contributed by atoms with Gasteiger partial charge in [0.1, 0.15) is 10.4 Å². The van der Waals surface area contributed by atoms with Crippen LogP contribution in [0.5, 0.6) is 0 Å². The van der Waals surface area contributed by atoms with E-state index in [2.05, 4.69) is 4.72 Å². The van der Waals surface area contributed by atoms with Crippen LogP contribution in [0.1, 0.15) is 20.3 Å². The molecule has 0 aromatic heterocycles. The molecule has 0 saturated heterocycles. The van der Waals surface area contributed by atoms with Crippen molar-refractivity contribution in [2.75, 3.05) is 0 Å². The molecule has 1 aromatic rings. The first-order chi connectivity index (χ1) is 8.62. The number of carbonyl (C=O) groups is 1. The zero-order chi connectivity index (χ0) is 14.8. The Bertz CT molecular complexity index is 603. The minimum Gasteiger partial charge on any atom is -0.480 e. The lowest BCUT2D eigenvalue weighted by Crippen LogP contribution is -2.51. The lowest BCUT2D eigenvalue weighted by molar-refractivity contribution is -0.143. The Morgan fingerprint density at radius 1 is 1.42 bits per heavy atom. The normalized spacial score (nSPS) is 14.9. The van der Waals surface area contributed by atoms with Crippen molar-refractivity contribution >= 4 is 39.2 Å². The van der Waals surface area contributed by atoms with E-state index in [1.807, 2.05) is 0 Å². The summed E-state index contributed by atoms with van der Waals surface area (Å²) in [4.78, 5) is 10.9. The van der Waals surface area contributed by atoms with Crippen molar-refractivity contribution in [3.8, 4) is 0 Å². The van der Waals surface area contributed by atoms with Crippen LogP contribution in [0, 0.1) is 0 Å². The molecule has 8 heteroatoms. The molecule has 0 heterocycles. The fraction of sp³-hybridized carbons (Fsp3) is 0.364. The molecule has 0 amide bonds. The van der Waals surface area contributed by atoms with Crippen LogP contribution in [-0.4, -0.2) is 25.0 Å². The Hall–Kier alpha value is -0.820. The third-order valence-corrected chi connectivity index (χ3v) is 5.03. The van der Waals surface area contributed by atoms with Gasteiger partial charge in [0.25, 0.3) is 0 Å². The number of carboxylic acids is 1. The van der Waals surface area contributed by atoms with Gasteiger partial charge in [0, 0.05) is 5.02 Å². The predicted octanol–water partition coefficient (Wildman–Crippen LogP) is 2.53. The van der Waals surface area contributed by atoms with Gasteiger partial charge >= 0.3 is 5.97 Å². The Morgan fingerprint density at radius 2 is 2.00 bits per heavy atom. The molecule has 0 aliphatic carbocycles. The average molecular weight is 326 g/mol. The molecule has 0 spiro atoms. The third-order valence-electron chi connectivity index (χ3n) is 2.72. The number of halogens is 2. The smallest absolute Gasteiger partial charge is 0.324 e. The maximum absolute atomic E-state index is 12.2. The van der Waals surface area contributed by atoms with E-state index in [0.29, 0.717) is 0 Å². The van der Waals surface area contributed by atoms with E-state index in [4.69, 9.17) is 28.3 Å². The summed E-state index contributed by atoms with van der Waals surface area (Å²) in [5.74, 6) is -1.27. The zero-order valence-electron chi connectivity index (χ0n) is 10.3. The Labute approximate surface area is 121 Å². The highest BCUT2D eigenvalue weighted by Crippen LogP contribution is 2.26. The molecular weight excluding hydrogens is 313 g/mol. The van der Waals surface area contributed by atoms with Crippen LogP contribution in [-0.2, 0) is 14.8 Å². The molecule has 0 fully saturated rings. The summed E-state index contributed by atoms with van der Waals surface area (Å²) < 4.78 is 26.5. The minimum atomic E-state index is -4.08. The van der Waals surface area contributed by atoms with Gasteiger partial charge in [-0.05, 0) is 31.5 Å². The van der Waals surface area contributed by atoms with Gasteiger partial charge in [0.05, 0.1) is 5.02 Å². The first-order valence-corrected chi connectivity index (χ1v) is 7.59. The van der Waals surface area contributed by atoms with Crippen molar-refractivity contribution in [3.05, 3.63) is 28.2 Å². The average Bonchev–Trinajstić information content (AvgIpc) is 2.31. The Morgan fingerprint density at radius 3 is 2.47 bits per heavy atom. The van der Waals surface area contributed by atoms with Gasteiger partial charge < -0.3 is 5.11 Å². The number of aliphatic carboxylic acids is 1. The highest BCUT2D eigenvalue weighted by atomic mass is 35.5. The van der Waals surface area contributed by atoms with Crippen molar-refractivity contribution in [3.63, 3.8) is 0 Å². The number of benzene rings is 1. The van der Waals surface area contributed by atoms with Crippen molar-refractivity contribution < 1.29 is 18.3 Å². The number of rotatable bonds is 5.